The van der Waals surface area contributed by atoms with Crippen LogP contribution in [0.3, 0.4) is 0 Å². The van der Waals surface area contributed by atoms with Crippen LogP contribution in [-0.2, 0) is 32.5 Å². The summed E-state index contributed by atoms with van der Waals surface area (Å²) in [4.78, 5) is 0. The highest BCUT2D eigenvalue weighted by Gasteiger charge is 2.95. The fourth-order valence-electron chi connectivity index (χ4n) is 28.9. The van der Waals surface area contributed by atoms with Crippen molar-refractivity contribution in [3.8, 4) is 22.3 Å². The molecule has 0 nitrogen and oxygen atoms in total. The van der Waals surface area contributed by atoms with Crippen LogP contribution < -0.4 is 10.4 Å². The van der Waals surface area contributed by atoms with Crippen molar-refractivity contribution in [2.45, 2.75) is 105 Å². The Labute approximate surface area is 530 Å². The van der Waals surface area contributed by atoms with E-state index in [1.54, 1.807) is 0 Å². The maximum Gasteiger partial charge on any atom is 0.454 e. The van der Waals surface area contributed by atoms with E-state index in [2.05, 4.69) is 0 Å². The summed E-state index contributed by atoms with van der Waals surface area (Å²) >= 11 is 0. The van der Waals surface area contributed by atoms with Gasteiger partial charge in [-0.25, -0.2) is 0 Å². The van der Waals surface area contributed by atoms with Gasteiger partial charge in [-0.05, 0) is 295 Å². The largest absolute Gasteiger partial charge is 0.454 e. The zero-order chi connectivity index (χ0) is 70.2. The van der Waals surface area contributed by atoms with Crippen molar-refractivity contribution < 1.29 is 132 Å². The van der Waals surface area contributed by atoms with Gasteiger partial charge in [-0.2, -0.15) is 132 Å². The van der Waals surface area contributed by atoms with Crippen LogP contribution in [-0.4, -0.2) is 72.6 Å². The standard InChI is InChI=1S/C72F30/c73-61(74,67(85,86)87)55-38-16-7-5-2-1-3-6(7)13-18-12(3)17-11-4(1)9-8(2)22-19-10(5)14(16)24-25-28-29-26-30-32-36-41-21(23(9)47-46(22)56(39(19)25,62(75,76)68(88,89)90)51(29)52(30)57(41,47)63(77,78)69(91,92)93)15(11)35-43(17)59(65(81,82)71(97,98)99)40(18)31-27(20(13)38)49(55)53-33-34(31)54(59)60(45(35)36,66(83,84)72(100,101)102)44(32)37(33)42(26)58(53,50(28)48(24)55)64(79,80)70(94,95)96. The minimum atomic E-state index is -7.62. The van der Waals surface area contributed by atoms with Gasteiger partial charge in [0.15, 0.2) is 0 Å². The molecule has 6 atom stereocenters. The highest BCUT2D eigenvalue weighted by molar-refractivity contribution is 6.70. The van der Waals surface area contributed by atoms with E-state index in [0.717, 1.165) is 0 Å². The minimum Gasteiger partial charge on any atom is -0.195 e. The lowest BCUT2D eigenvalue weighted by Crippen LogP contribution is -2.66. The molecule has 0 bridgehead atoms. The Morgan fingerprint density at radius 2 is 0.402 bits per heavy atom. The molecule has 0 spiro atoms. The van der Waals surface area contributed by atoms with Gasteiger partial charge in [-0.1, -0.05) is 0 Å². The quantitative estimate of drug-likeness (QED) is 0.115. The number of alkyl halides is 30. The molecular formula is C72F30. The maximum absolute atomic E-state index is 20.1. The normalized spacial score (nSPS) is 28.1. The number of allylic oxidation sites excluding steroid dienone is 2. The molecule has 32 rings (SSSR count). The molecule has 16 aromatic rings. The van der Waals surface area contributed by atoms with Crippen LogP contribution in [0.5, 0.6) is 0 Å². The molecule has 0 radical (unpaired) electrons. The summed E-state index contributed by atoms with van der Waals surface area (Å²) in [6.45, 7) is 0. The maximum atomic E-state index is 20.1. The smallest absolute Gasteiger partial charge is 0.195 e. The number of hydrogen-bond acceptors (Lipinski definition) is 0. The van der Waals surface area contributed by atoms with Gasteiger partial charge in [0.2, 0.25) is 0 Å². The zero-order valence-corrected chi connectivity index (χ0v) is 47.3. The molecule has 0 saturated heterocycles. The molecule has 498 valence electrons. The van der Waals surface area contributed by atoms with Gasteiger partial charge >= 0.3 is 72.6 Å². The first-order chi connectivity index (χ1) is 47.2. The molecule has 0 amide bonds. The minimum absolute atomic E-state index is 0.427. The molecule has 0 fully saturated rings. The van der Waals surface area contributed by atoms with Gasteiger partial charge in [0, 0.05) is 0 Å². The molecule has 0 aliphatic heterocycles. The fraction of sp³-hybridized carbons (Fsp3) is 0.250. The third-order valence-corrected chi connectivity index (χ3v) is 29.7. The third kappa shape index (κ3) is 3.00. The van der Waals surface area contributed by atoms with Crippen LogP contribution in [0.1, 0.15) is 89.0 Å². The molecule has 102 heavy (non-hydrogen) atoms. The predicted molar refractivity (Wildman–Crippen MR) is 298 cm³/mol. The summed E-state index contributed by atoms with van der Waals surface area (Å²) in [5.41, 5.74) is -80.8. The Bertz CT molecular complexity index is 7940. The lowest BCUT2D eigenvalue weighted by molar-refractivity contribution is -0.306. The summed E-state index contributed by atoms with van der Waals surface area (Å²) < 4.78 is 553. The van der Waals surface area contributed by atoms with Gasteiger partial charge in [0.25, 0.3) is 0 Å². The van der Waals surface area contributed by atoms with Crippen molar-refractivity contribution in [1.29, 1.82) is 0 Å². The molecule has 0 aromatic heterocycles. The molecule has 0 saturated carbocycles. The van der Waals surface area contributed by atoms with Crippen molar-refractivity contribution in [3.05, 3.63) is 105 Å². The first kappa shape index (κ1) is 51.9. The Morgan fingerprint density at radius 3 is 0.863 bits per heavy atom. The van der Waals surface area contributed by atoms with E-state index < -0.39 is 400 Å². The fourth-order valence-corrected chi connectivity index (χ4v) is 28.9. The second-order valence-corrected chi connectivity index (χ2v) is 31.2. The predicted octanol–water partition coefficient (Wildman–Crippen LogP) is 20.4. The number of hydrogen-bond donors (Lipinski definition) is 0. The van der Waals surface area contributed by atoms with E-state index >= 15 is 132 Å². The second kappa shape index (κ2) is 11.2. The molecule has 30 heteroatoms. The van der Waals surface area contributed by atoms with Crippen molar-refractivity contribution in [2.24, 2.45) is 0 Å². The first-order valence-corrected chi connectivity index (χ1v) is 31.2. The SMILES string of the molecule is FC(F)(F)C(F)(F)C12C3=c4c5c6c7c8c4c4c9c%10c8c8c%11c%12c%13c(c%14c%15c%13c%13c%16c%17c%18c%19c%20c%21c%22c(c1c1c(c%23c9c9c%10c%11c(c%16%12)c%10c%17c%20c(c%23c1%21)c9%10)C34C(F)(F)C(F)(F)F)-c1c3c(c(c-5c12)C6%14C(F)(F)C(F)(F)F)C=%15C(=C3C%22%19C(F)(F)C(F)(F)F)C%13%18C(F)(F)C(F)(F)F)C78C(F)(F)C(F)(F)F. The zero-order valence-electron chi connectivity index (χ0n) is 47.3. The van der Waals surface area contributed by atoms with Crippen molar-refractivity contribution in [2.75, 3.05) is 0 Å². The van der Waals surface area contributed by atoms with Gasteiger partial charge in [0.1, 0.15) is 32.5 Å². The van der Waals surface area contributed by atoms with Crippen molar-refractivity contribution >= 4 is 168 Å². The Hall–Kier alpha value is -9.12. The highest BCUT2D eigenvalue weighted by atomic mass is 19.5. The van der Waals surface area contributed by atoms with E-state index in [1.807, 2.05) is 0 Å². The lowest BCUT2D eigenvalue weighted by Gasteiger charge is -2.55. The van der Waals surface area contributed by atoms with Crippen molar-refractivity contribution in [1.82, 2.24) is 0 Å². The Balaban J connectivity index is 1.11. The molecule has 16 aliphatic rings. The van der Waals surface area contributed by atoms with E-state index in [9.17, 15) is 0 Å². The van der Waals surface area contributed by atoms with Gasteiger partial charge < -0.3 is 0 Å². The Kier molecular flexibility index (Phi) is 5.68. The number of halogens is 30. The topological polar surface area (TPSA) is 0 Å². The van der Waals surface area contributed by atoms with E-state index in [-0.39, 0.29) is 0 Å². The van der Waals surface area contributed by atoms with Crippen LogP contribution in [0, 0.1) is 0 Å². The van der Waals surface area contributed by atoms with E-state index in [4.69, 9.17) is 0 Å². The summed E-state index contributed by atoms with van der Waals surface area (Å²) in [6.07, 6.45) is -44.6. The van der Waals surface area contributed by atoms with E-state index in [1.165, 1.54) is 0 Å². The molecule has 16 aliphatic carbocycles. The number of rotatable bonds is 6. The Morgan fingerprint density at radius 1 is 0.147 bits per heavy atom. The molecule has 16 aromatic carbocycles. The molecule has 0 heterocycles. The van der Waals surface area contributed by atoms with Gasteiger partial charge in [0.05, 0.1) is 0 Å². The summed E-state index contributed by atoms with van der Waals surface area (Å²) in [5.74, 6) is -42.7. The lowest BCUT2D eigenvalue weighted by atomic mass is 9.47. The van der Waals surface area contributed by atoms with Gasteiger partial charge in [-0.3, -0.25) is 0 Å². The summed E-state index contributed by atoms with van der Waals surface area (Å²) in [5, 5.41) is -31.9. The van der Waals surface area contributed by atoms with Crippen molar-refractivity contribution in [3.63, 3.8) is 0 Å². The molecule has 6 unspecified atom stereocenters. The molecule has 0 N–H and O–H groups in total. The summed E-state index contributed by atoms with van der Waals surface area (Å²) in [6, 6.07) is 0. The average Bonchev–Trinajstić information content (AvgIpc) is 1.36. The van der Waals surface area contributed by atoms with Crippen LogP contribution in [0.4, 0.5) is 132 Å². The third-order valence-electron chi connectivity index (χ3n) is 29.7. The van der Waals surface area contributed by atoms with Crippen LogP contribution in [0.15, 0.2) is 5.57 Å². The highest BCUT2D eigenvalue weighted by Crippen LogP contribution is 2.95. The van der Waals surface area contributed by atoms with E-state index in [0.29, 0.717) is 0 Å². The first-order valence-electron chi connectivity index (χ1n) is 31.2. The van der Waals surface area contributed by atoms with Crippen LogP contribution in [0.25, 0.3) is 190 Å². The van der Waals surface area contributed by atoms with Crippen LogP contribution >= 0.6 is 0 Å². The van der Waals surface area contributed by atoms with Gasteiger partial charge in [-0.15, -0.1) is 0 Å². The monoisotopic (exact) mass is 1430 g/mol. The second-order valence-electron chi connectivity index (χ2n) is 31.2. The number of benzene rings is 11. The average molecular weight is 1430 g/mol. The molecular weight excluding hydrogens is 1430 g/mol. The summed E-state index contributed by atoms with van der Waals surface area (Å²) in [7, 11) is 0. The van der Waals surface area contributed by atoms with Crippen LogP contribution in [0.2, 0.25) is 0 Å².